The fourth-order valence-electron chi connectivity index (χ4n) is 2.70. The second kappa shape index (κ2) is 11.8. The molecule has 2 aromatic rings. The van der Waals surface area contributed by atoms with E-state index >= 15 is 0 Å². The van der Waals surface area contributed by atoms with E-state index in [1.165, 1.54) is 0 Å². The van der Waals surface area contributed by atoms with Crippen LogP contribution < -0.4 is 10.1 Å². The van der Waals surface area contributed by atoms with Gasteiger partial charge >= 0.3 is 12.1 Å². The molecule has 0 aliphatic carbocycles. The van der Waals surface area contributed by atoms with Crippen molar-refractivity contribution < 1.29 is 32.2 Å². The molecule has 0 radical (unpaired) electrons. The first-order valence-electron chi connectivity index (χ1n) is 10.5. The molecular weight excluding hydrogens is 491 g/mol. The van der Waals surface area contributed by atoms with E-state index in [1.54, 1.807) is 64.1 Å². The van der Waals surface area contributed by atoms with Crippen molar-refractivity contribution >= 4 is 40.9 Å². The Bertz CT molecular complexity index is 1020. The van der Waals surface area contributed by atoms with Crippen molar-refractivity contribution in [1.29, 1.82) is 0 Å². The van der Waals surface area contributed by atoms with Gasteiger partial charge < -0.3 is 14.8 Å². The van der Waals surface area contributed by atoms with Crippen molar-refractivity contribution in [1.82, 2.24) is 0 Å². The summed E-state index contributed by atoms with van der Waals surface area (Å²) < 4.78 is 48.9. The number of alkyl halides is 3. The maximum atomic E-state index is 12.7. The number of ether oxygens (including phenoxy) is 2. The molecule has 0 aliphatic heterocycles. The van der Waals surface area contributed by atoms with Gasteiger partial charge in [0.25, 0.3) is 0 Å². The number of thioether (sulfide) groups is 1. The Morgan fingerprint density at radius 1 is 1.06 bits per heavy atom. The number of hydrogen-bond donors (Lipinski definition) is 1. The number of carbonyl (C=O) groups excluding carboxylic acids is 2. The largest absolute Gasteiger partial charge is 0.466 e. The number of anilines is 1. The van der Waals surface area contributed by atoms with Crippen LogP contribution >= 0.6 is 23.4 Å². The van der Waals surface area contributed by atoms with E-state index in [4.69, 9.17) is 21.1 Å². The monoisotopic (exact) mass is 517 g/mol. The lowest BCUT2D eigenvalue weighted by Crippen LogP contribution is -2.27. The van der Waals surface area contributed by atoms with E-state index in [0.717, 1.165) is 0 Å². The van der Waals surface area contributed by atoms with Crippen molar-refractivity contribution in [3.8, 4) is 11.5 Å². The van der Waals surface area contributed by atoms with E-state index in [0.29, 0.717) is 34.3 Å². The van der Waals surface area contributed by atoms with Gasteiger partial charge in [0.15, 0.2) is 0 Å². The van der Waals surface area contributed by atoms with E-state index in [1.807, 2.05) is 0 Å². The molecule has 2 rings (SSSR count). The van der Waals surface area contributed by atoms with Gasteiger partial charge in [-0.1, -0.05) is 38.4 Å². The normalized spacial score (nSPS) is 11.8. The molecule has 0 bridgehead atoms. The Morgan fingerprint density at radius 3 is 2.38 bits per heavy atom. The number of rotatable bonds is 9. The van der Waals surface area contributed by atoms with Gasteiger partial charge in [0.05, 0.1) is 23.8 Å². The Balaban J connectivity index is 2.31. The molecular formula is C24H27ClF3NO4S. The summed E-state index contributed by atoms with van der Waals surface area (Å²) in [6.45, 7) is 7.23. The average molecular weight is 518 g/mol. The molecule has 1 N–H and O–H groups in total. The zero-order valence-electron chi connectivity index (χ0n) is 19.3. The van der Waals surface area contributed by atoms with Crippen LogP contribution in [-0.2, 0) is 26.5 Å². The first kappa shape index (κ1) is 27.9. The van der Waals surface area contributed by atoms with Gasteiger partial charge in [0.2, 0.25) is 5.91 Å². The van der Waals surface area contributed by atoms with Crippen LogP contribution in [0.4, 0.5) is 18.9 Å². The van der Waals surface area contributed by atoms with E-state index in [2.05, 4.69) is 5.32 Å². The first-order chi connectivity index (χ1) is 15.8. The average Bonchev–Trinajstić information content (AvgIpc) is 2.70. The van der Waals surface area contributed by atoms with Crippen LogP contribution in [-0.4, -0.2) is 30.4 Å². The summed E-state index contributed by atoms with van der Waals surface area (Å²) in [5.74, 6) is -1.13. The minimum absolute atomic E-state index is 0.00575. The topological polar surface area (TPSA) is 64.6 Å². The second-order valence-corrected chi connectivity index (χ2v) is 9.88. The fourth-order valence-corrected chi connectivity index (χ4v) is 3.63. The number of nitrogens with one attached hydrogen (secondary N) is 1. The molecule has 0 spiro atoms. The van der Waals surface area contributed by atoms with Crippen molar-refractivity contribution in [2.75, 3.05) is 17.7 Å². The van der Waals surface area contributed by atoms with Crippen molar-refractivity contribution in [3.63, 3.8) is 0 Å². The number of hydrogen-bond acceptors (Lipinski definition) is 5. The van der Waals surface area contributed by atoms with Gasteiger partial charge in [-0.2, -0.15) is 13.2 Å². The zero-order valence-corrected chi connectivity index (χ0v) is 20.9. The van der Waals surface area contributed by atoms with Crippen LogP contribution in [0.5, 0.6) is 11.5 Å². The Labute approximate surface area is 206 Å². The highest BCUT2D eigenvalue weighted by Gasteiger charge is 2.27. The Hall–Kier alpha value is -2.39. The van der Waals surface area contributed by atoms with E-state index in [-0.39, 0.29) is 35.5 Å². The summed E-state index contributed by atoms with van der Waals surface area (Å²) in [7, 11) is 0. The zero-order chi connectivity index (χ0) is 25.5. The molecule has 34 heavy (non-hydrogen) atoms. The third-order valence-electron chi connectivity index (χ3n) is 4.39. The summed E-state index contributed by atoms with van der Waals surface area (Å²) in [5, 5.41) is 3.04. The van der Waals surface area contributed by atoms with Gasteiger partial charge in [0.1, 0.15) is 11.5 Å². The predicted octanol–water partition coefficient (Wildman–Crippen LogP) is 7.02. The molecule has 186 valence electrons. The minimum atomic E-state index is -4.31. The lowest BCUT2D eigenvalue weighted by atomic mass is 9.95. The maximum absolute atomic E-state index is 12.7. The predicted molar refractivity (Wildman–Crippen MR) is 129 cm³/mol. The molecule has 5 nitrogen and oxygen atoms in total. The highest BCUT2D eigenvalue weighted by atomic mass is 35.5. The van der Waals surface area contributed by atoms with Gasteiger partial charge in [-0.3, -0.25) is 9.59 Å². The summed E-state index contributed by atoms with van der Waals surface area (Å²) in [5.41, 5.74) is 0.859. The quantitative estimate of drug-likeness (QED) is 0.362. The summed E-state index contributed by atoms with van der Waals surface area (Å²) >= 11 is 6.94. The molecule has 0 unspecified atom stereocenters. The van der Waals surface area contributed by atoms with E-state index < -0.39 is 23.3 Å². The molecule has 0 atom stereocenters. The molecule has 0 aromatic heterocycles. The van der Waals surface area contributed by atoms with Crippen LogP contribution in [0.1, 0.15) is 38.8 Å². The van der Waals surface area contributed by atoms with Gasteiger partial charge in [0, 0.05) is 22.4 Å². The molecule has 0 saturated heterocycles. The van der Waals surface area contributed by atoms with Crippen molar-refractivity contribution in [3.05, 3.63) is 52.5 Å². The standard InChI is InChI=1S/C24H27ClF3NO4S/c1-5-32-21(30)11-15-6-8-18(25)20(10-15)33-19-9-7-17(29-22(31)23(2,3)4)12-16(19)13-34-14-24(26,27)28/h6-10,12H,5,11,13-14H2,1-4H3,(H,29,31). The third kappa shape index (κ3) is 9.10. The first-order valence-corrected chi connectivity index (χ1v) is 12.0. The van der Waals surface area contributed by atoms with Crippen molar-refractivity contribution in [2.24, 2.45) is 5.41 Å². The fraction of sp³-hybridized carbons (Fsp3) is 0.417. The number of benzene rings is 2. The Morgan fingerprint density at radius 2 is 1.76 bits per heavy atom. The van der Waals surface area contributed by atoms with Crippen molar-refractivity contribution in [2.45, 2.75) is 46.0 Å². The van der Waals surface area contributed by atoms with Gasteiger partial charge in [-0.25, -0.2) is 0 Å². The molecule has 0 saturated carbocycles. The molecule has 1 amide bonds. The second-order valence-electron chi connectivity index (χ2n) is 8.48. The van der Waals surface area contributed by atoms with E-state index in [9.17, 15) is 22.8 Å². The lowest BCUT2D eigenvalue weighted by Gasteiger charge is -2.19. The maximum Gasteiger partial charge on any atom is 0.397 e. The molecule has 0 heterocycles. The smallest absolute Gasteiger partial charge is 0.397 e. The lowest BCUT2D eigenvalue weighted by molar-refractivity contribution is -0.142. The van der Waals surface area contributed by atoms with Crippen LogP contribution in [0.3, 0.4) is 0 Å². The minimum Gasteiger partial charge on any atom is -0.466 e. The summed E-state index contributed by atoms with van der Waals surface area (Å²) in [6, 6.07) is 9.57. The molecule has 2 aromatic carbocycles. The third-order valence-corrected chi connectivity index (χ3v) is 5.75. The van der Waals surface area contributed by atoms with Crippen LogP contribution in [0.25, 0.3) is 0 Å². The van der Waals surface area contributed by atoms with Crippen LogP contribution in [0, 0.1) is 5.41 Å². The van der Waals surface area contributed by atoms with Gasteiger partial charge in [-0.05, 0) is 42.8 Å². The summed E-state index contributed by atoms with van der Waals surface area (Å²) in [6.07, 6.45) is -4.29. The number of halogens is 4. The number of carbonyl (C=O) groups is 2. The van der Waals surface area contributed by atoms with Crippen LogP contribution in [0.15, 0.2) is 36.4 Å². The number of esters is 1. The molecule has 0 aliphatic rings. The van der Waals surface area contributed by atoms with Crippen LogP contribution in [0.2, 0.25) is 5.02 Å². The highest BCUT2D eigenvalue weighted by Crippen LogP contribution is 2.36. The molecule has 0 fully saturated rings. The SMILES string of the molecule is CCOC(=O)Cc1ccc(Cl)c(Oc2ccc(NC(=O)C(C)(C)C)cc2CSCC(F)(F)F)c1. The Kier molecular flexibility index (Phi) is 9.70. The highest BCUT2D eigenvalue weighted by molar-refractivity contribution is 7.98. The van der Waals surface area contributed by atoms with Gasteiger partial charge in [-0.15, -0.1) is 11.8 Å². The number of amides is 1. The molecule has 10 heteroatoms. The summed E-state index contributed by atoms with van der Waals surface area (Å²) in [4.78, 5) is 24.1.